The number of aliphatic hydroxyl groups excluding tert-OH is 1. The lowest BCUT2D eigenvalue weighted by Gasteiger charge is -2.16. The van der Waals surface area contributed by atoms with Crippen LogP contribution in [-0.2, 0) is 12.8 Å². The van der Waals surface area contributed by atoms with Crippen molar-refractivity contribution in [2.75, 3.05) is 7.11 Å². The van der Waals surface area contributed by atoms with Crippen molar-refractivity contribution in [3.05, 3.63) is 28.3 Å². The van der Waals surface area contributed by atoms with Crippen LogP contribution in [0.15, 0.2) is 12.1 Å². The molecule has 0 spiro atoms. The molecule has 1 aromatic carbocycles. The van der Waals surface area contributed by atoms with Gasteiger partial charge in [0.15, 0.2) is 0 Å². The van der Waals surface area contributed by atoms with E-state index >= 15 is 0 Å². The molecule has 0 aliphatic carbocycles. The summed E-state index contributed by atoms with van der Waals surface area (Å²) in [7, 11) is 1.12. The smallest absolute Gasteiger partial charge is 0.420 e. The van der Waals surface area contributed by atoms with Gasteiger partial charge in [0.05, 0.1) is 13.7 Å². The number of halogens is 4. The molecule has 0 amide bonds. The minimum atomic E-state index is -4.60. The summed E-state index contributed by atoms with van der Waals surface area (Å²) in [4.78, 5) is 0. The first-order chi connectivity index (χ1) is 6.91. The van der Waals surface area contributed by atoms with Gasteiger partial charge < -0.3 is 9.84 Å². The average Bonchev–Trinajstić information content (AvgIpc) is 2.15. The summed E-state index contributed by atoms with van der Waals surface area (Å²) >= 11 is 5.55. The quantitative estimate of drug-likeness (QED) is 0.861. The number of benzene rings is 1. The molecule has 0 unspecified atom stereocenters. The molecule has 84 valence electrons. The van der Waals surface area contributed by atoms with Crippen molar-refractivity contribution in [1.29, 1.82) is 0 Å². The molecule has 0 atom stereocenters. The maximum absolute atomic E-state index is 12.6. The molecular formula is C9H8ClF3O2. The second kappa shape index (κ2) is 4.28. The molecule has 0 saturated carbocycles. The summed E-state index contributed by atoms with van der Waals surface area (Å²) in [6.07, 6.45) is -4.60. The predicted octanol–water partition coefficient (Wildman–Crippen LogP) is 2.86. The third-order valence-corrected chi connectivity index (χ3v) is 2.23. The maximum Gasteiger partial charge on any atom is 0.420 e. The van der Waals surface area contributed by atoms with Crippen molar-refractivity contribution in [1.82, 2.24) is 0 Å². The Labute approximate surface area is 89.2 Å². The molecule has 0 fully saturated rings. The fourth-order valence-electron chi connectivity index (χ4n) is 1.24. The van der Waals surface area contributed by atoms with Gasteiger partial charge in [-0.25, -0.2) is 0 Å². The van der Waals surface area contributed by atoms with E-state index in [0.717, 1.165) is 13.2 Å². The molecule has 0 aliphatic heterocycles. The molecule has 0 bridgehead atoms. The first-order valence-corrected chi connectivity index (χ1v) is 4.33. The monoisotopic (exact) mass is 240 g/mol. The highest BCUT2D eigenvalue weighted by molar-refractivity contribution is 6.31. The number of alkyl halides is 3. The van der Waals surface area contributed by atoms with Gasteiger partial charge in [-0.3, -0.25) is 0 Å². The van der Waals surface area contributed by atoms with Crippen LogP contribution < -0.4 is 4.74 Å². The fourth-order valence-corrected chi connectivity index (χ4v) is 1.45. The number of aliphatic hydroxyl groups is 1. The SMILES string of the molecule is COc1ccc(Cl)c(CO)c1C(F)(F)F. The van der Waals surface area contributed by atoms with Crippen molar-refractivity contribution in [2.24, 2.45) is 0 Å². The van der Waals surface area contributed by atoms with Gasteiger partial charge in [-0.2, -0.15) is 13.2 Å². The van der Waals surface area contributed by atoms with Crippen molar-refractivity contribution in [3.63, 3.8) is 0 Å². The van der Waals surface area contributed by atoms with E-state index in [1.54, 1.807) is 0 Å². The lowest BCUT2D eigenvalue weighted by molar-refractivity contribution is -0.139. The summed E-state index contributed by atoms with van der Waals surface area (Å²) in [6, 6.07) is 2.37. The number of hydrogen-bond acceptors (Lipinski definition) is 2. The normalized spacial score (nSPS) is 11.6. The van der Waals surface area contributed by atoms with Crippen molar-refractivity contribution < 1.29 is 23.0 Å². The molecule has 0 aliphatic rings. The Morgan fingerprint density at radius 2 is 2.00 bits per heavy atom. The van der Waals surface area contributed by atoms with E-state index in [1.807, 2.05) is 0 Å². The molecule has 2 nitrogen and oxygen atoms in total. The Balaban J connectivity index is 3.48. The van der Waals surface area contributed by atoms with Crippen LogP contribution in [0, 0.1) is 0 Å². The van der Waals surface area contributed by atoms with Crippen LogP contribution in [0.25, 0.3) is 0 Å². The van der Waals surface area contributed by atoms with Crippen LogP contribution in [0.3, 0.4) is 0 Å². The van der Waals surface area contributed by atoms with Crippen LogP contribution in [0.1, 0.15) is 11.1 Å². The van der Waals surface area contributed by atoms with Gasteiger partial charge in [0, 0.05) is 10.6 Å². The van der Waals surface area contributed by atoms with Gasteiger partial charge in [0.2, 0.25) is 0 Å². The van der Waals surface area contributed by atoms with E-state index in [2.05, 4.69) is 4.74 Å². The first kappa shape index (κ1) is 12.1. The molecular weight excluding hydrogens is 233 g/mol. The summed E-state index contributed by atoms with van der Waals surface area (Å²) in [5.41, 5.74) is -1.40. The van der Waals surface area contributed by atoms with E-state index in [4.69, 9.17) is 16.7 Å². The van der Waals surface area contributed by atoms with Gasteiger partial charge in [-0.15, -0.1) is 0 Å². The average molecular weight is 241 g/mol. The van der Waals surface area contributed by atoms with Crippen LogP contribution in [-0.4, -0.2) is 12.2 Å². The molecule has 0 heterocycles. The number of hydrogen-bond donors (Lipinski definition) is 1. The lowest BCUT2D eigenvalue weighted by Crippen LogP contribution is -2.12. The van der Waals surface area contributed by atoms with Crippen LogP contribution >= 0.6 is 11.6 Å². The summed E-state index contributed by atoms with van der Waals surface area (Å²) in [5, 5.41) is 8.71. The van der Waals surface area contributed by atoms with E-state index in [1.165, 1.54) is 6.07 Å². The Bertz CT molecular complexity index is 363. The minimum Gasteiger partial charge on any atom is -0.496 e. The molecule has 6 heteroatoms. The topological polar surface area (TPSA) is 29.5 Å². The molecule has 15 heavy (non-hydrogen) atoms. The number of rotatable bonds is 2. The summed E-state index contributed by atoms with van der Waals surface area (Å²) < 4.78 is 42.4. The van der Waals surface area contributed by atoms with Gasteiger partial charge in [-0.05, 0) is 12.1 Å². The van der Waals surface area contributed by atoms with Crippen LogP contribution in [0.5, 0.6) is 5.75 Å². The van der Waals surface area contributed by atoms with E-state index < -0.39 is 18.3 Å². The van der Waals surface area contributed by atoms with Crippen LogP contribution in [0.2, 0.25) is 5.02 Å². The van der Waals surface area contributed by atoms with Gasteiger partial charge in [0.1, 0.15) is 11.3 Å². The summed E-state index contributed by atoms with van der Waals surface area (Å²) in [6.45, 7) is -0.787. The van der Waals surface area contributed by atoms with Crippen molar-refractivity contribution in [2.45, 2.75) is 12.8 Å². The molecule has 0 radical (unpaired) electrons. The molecule has 1 rings (SSSR count). The van der Waals surface area contributed by atoms with Gasteiger partial charge in [0.25, 0.3) is 0 Å². The third kappa shape index (κ3) is 2.35. The predicted molar refractivity (Wildman–Crippen MR) is 48.9 cm³/mol. The lowest BCUT2D eigenvalue weighted by atomic mass is 10.1. The highest BCUT2D eigenvalue weighted by Crippen LogP contribution is 2.41. The standard InChI is InChI=1S/C9H8ClF3O2/c1-15-7-3-2-6(10)5(4-14)8(7)9(11,12)13/h2-3,14H,4H2,1H3. The van der Waals surface area contributed by atoms with E-state index in [0.29, 0.717) is 0 Å². The van der Waals surface area contributed by atoms with Gasteiger partial charge >= 0.3 is 6.18 Å². The zero-order valence-corrected chi connectivity index (χ0v) is 8.49. The number of methoxy groups -OCH3 is 1. The zero-order valence-electron chi connectivity index (χ0n) is 7.73. The molecule has 0 aromatic heterocycles. The molecule has 1 aromatic rings. The molecule has 0 saturated heterocycles. The van der Waals surface area contributed by atoms with E-state index in [-0.39, 0.29) is 16.3 Å². The van der Waals surface area contributed by atoms with Crippen molar-refractivity contribution >= 4 is 11.6 Å². The Hall–Kier alpha value is -0.940. The highest BCUT2D eigenvalue weighted by atomic mass is 35.5. The Morgan fingerprint density at radius 1 is 1.40 bits per heavy atom. The highest BCUT2D eigenvalue weighted by Gasteiger charge is 2.37. The Morgan fingerprint density at radius 3 is 2.40 bits per heavy atom. The third-order valence-electron chi connectivity index (χ3n) is 1.88. The minimum absolute atomic E-state index is 0.134. The molecule has 1 N–H and O–H groups in total. The van der Waals surface area contributed by atoms with E-state index in [9.17, 15) is 13.2 Å². The second-order valence-corrected chi connectivity index (χ2v) is 3.17. The second-order valence-electron chi connectivity index (χ2n) is 2.76. The van der Waals surface area contributed by atoms with Crippen molar-refractivity contribution in [3.8, 4) is 5.75 Å². The number of ether oxygens (including phenoxy) is 1. The fraction of sp³-hybridized carbons (Fsp3) is 0.333. The largest absolute Gasteiger partial charge is 0.496 e. The van der Waals surface area contributed by atoms with Crippen LogP contribution in [0.4, 0.5) is 13.2 Å². The van der Waals surface area contributed by atoms with Gasteiger partial charge in [-0.1, -0.05) is 11.6 Å². The first-order valence-electron chi connectivity index (χ1n) is 3.95. The maximum atomic E-state index is 12.6. The zero-order chi connectivity index (χ0) is 11.6. The Kier molecular flexibility index (Phi) is 3.46. The summed E-state index contributed by atoms with van der Waals surface area (Å²) in [5.74, 6) is -0.351.